The Hall–Kier alpha value is -1.37. The Balaban J connectivity index is 2.20. The second kappa shape index (κ2) is 11.2. The van der Waals surface area contributed by atoms with Crippen molar-refractivity contribution < 1.29 is 9.90 Å². The van der Waals surface area contributed by atoms with Crippen LogP contribution in [0.4, 0.5) is 0 Å². The minimum Gasteiger partial charge on any atom is -0.380 e. The summed E-state index contributed by atoms with van der Waals surface area (Å²) >= 11 is 0. The molecule has 0 aliphatic rings. The van der Waals surface area contributed by atoms with Gasteiger partial charge in [0.05, 0.1) is 0 Å². The summed E-state index contributed by atoms with van der Waals surface area (Å²) in [6, 6.07) is 10.4. The molecule has 1 N–H and O–H groups in total. The third kappa shape index (κ3) is 9.05. The molecule has 0 spiro atoms. The average molecular weight is 345 g/mol. The monoisotopic (exact) mass is 344 g/mol. The first kappa shape index (κ1) is 20.7. The van der Waals surface area contributed by atoms with Crippen LogP contribution in [0.1, 0.15) is 58.3 Å². The van der Waals surface area contributed by atoms with Gasteiger partial charge in [0, 0.05) is 6.42 Å². The van der Waals surface area contributed by atoms with Crippen LogP contribution in [0.5, 0.6) is 0 Å². The van der Waals surface area contributed by atoms with Gasteiger partial charge in [-0.15, -0.1) is 5.54 Å². The summed E-state index contributed by atoms with van der Waals surface area (Å²) in [5.74, 6) is 3.37. The highest BCUT2D eigenvalue weighted by Crippen LogP contribution is 2.10. The van der Waals surface area contributed by atoms with E-state index in [1.165, 1.54) is 18.0 Å². The van der Waals surface area contributed by atoms with Gasteiger partial charge >= 0.3 is 0 Å². The molecule has 132 valence electrons. The summed E-state index contributed by atoms with van der Waals surface area (Å²) in [6.45, 7) is 6.11. The Bertz CT molecular complexity index is 540. The van der Waals surface area contributed by atoms with Gasteiger partial charge in [-0.05, 0) is 31.4 Å². The van der Waals surface area contributed by atoms with Gasteiger partial charge in [-0.3, -0.25) is 0 Å². The van der Waals surface area contributed by atoms with E-state index in [4.69, 9.17) is 0 Å². The van der Waals surface area contributed by atoms with Crippen molar-refractivity contribution in [3.05, 3.63) is 30.3 Å². The molecule has 0 aliphatic carbocycles. The molecular formula is C21H32O2Si. The maximum absolute atomic E-state index is 10.8. The van der Waals surface area contributed by atoms with E-state index in [1.54, 1.807) is 6.92 Å². The van der Waals surface area contributed by atoms with Gasteiger partial charge < -0.3 is 9.90 Å². The highest BCUT2D eigenvalue weighted by Gasteiger charge is 2.20. The number of Topliss-reactive ketones (excluding diaryl/α,β-unsaturated/α-hetero) is 1. The molecule has 0 bridgehead atoms. The molecule has 1 rings (SSSR count). The number of aliphatic hydroxyl groups excluding tert-OH is 1. The number of ketones is 1. The van der Waals surface area contributed by atoms with Crippen LogP contribution < -0.4 is 5.19 Å². The lowest BCUT2D eigenvalue weighted by molar-refractivity contribution is -0.117. The van der Waals surface area contributed by atoms with Crippen LogP contribution in [-0.4, -0.2) is 25.1 Å². The lowest BCUT2D eigenvalue weighted by Gasteiger charge is -2.15. The number of benzene rings is 1. The van der Waals surface area contributed by atoms with Crippen molar-refractivity contribution in [2.75, 3.05) is 0 Å². The molecule has 0 amide bonds. The number of unbranched alkanes of at least 4 members (excludes halogenated alkanes) is 5. The summed E-state index contributed by atoms with van der Waals surface area (Å²) in [7, 11) is -1.77. The third-order valence-electron chi connectivity index (χ3n) is 4.30. The van der Waals surface area contributed by atoms with Crippen LogP contribution in [0.15, 0.2) is 30.3 Å². The van der Waals surface area contributed by atoms with E-state index in [0.717, 1.165) is 38.5 Å². The molecule has 0 saturated heterocycles. The fourth-order valence-electron chi connectivity index (χ4n) is 2.68. The highest BCUT2D eigenvalue weighted by atomic mass is 28.3. The number of rotatable bonds is 10. The number of carbonyl (C=O) groups is 1. The summed E-state index contributed by atoms with van der Waals surface area (Å²) in [5.41, 5.74) is 3.36. The van der Waals surface area contributed by atoms with Crippen LogP contribution in [0.25, 0.3) is 0 Å². The Morgan fingerprint density at radius 1 is 1.04 bits per heavy atom. The molecule has 0 radical (unpaired) electrons. The normalized spacial score (nSPS) is 12.3. The molecular weight excluding hydrogens is 312 g/mol. The largest absolute Gasteiger partial charge is 0.380 e. The van der Waals surface area contributed by atoms with E-state index in [0.29, 0.717) is 5.78 Å². The lowest BCUT2D eigenvalue weighted by Crippen LogP contribution is -2.40. The van der Waals surface area contributed by atoms with E-state index in [-0.39, 0.29) is 0 Å². The SMILES string of the molecule is CC(=O)CCCCCCCCC(O)C#C[Si](C)(C)c1ccccc1. The summed E-state index contributed by atoms with van der Waals surface area (Å²) in [5, 5.41) is 11.4. The molecule has 0 aliphatic heterocycles. The van der Waals surface area contributed by atoms with E-state index >= 15 is 0 Å². The number of aliphatic hydroxyl groups is 1. The van der Waals surface area contributed by atoms with Gasteiger partial charge in [0.15, 0.2) is 8.07 Å². The Morgan fingerprint density at radius 3 is 2.25 bits per heavy atom. The first-order valence-corrected chi connectivity index (χ1v) is 12.2. The first-order chi connectivity index (χ1) is 11.4. The standard InChI is InChI=1S/C21H32O2Si/c1-19(22)13-9-6-4-5-7-10-14-20(23)17-18-24(2,3)21-15-11-8-12-16-21/h8,11-12,15-16,20,23H,4-7,9-10,13-14H2,1-3H3. The molecule has 3 heteroatoms. The van der Waals surface area contributed by atoms with Crippen molar-refractivity contribution in [3.63, 3.8) is 0 Å². The second-order valence-electron chi connectivity index (χ2n) is 7.14. The van der Waals surface area contributed by atoms with Crippen molar-refractivity contribution in [1.29, 1.82) is 0 Å². The van der Waals surface area contributed by atoms with Gasteiger partial charge in [-0.25, -0.2) is 0 Å². The summed E-state index contributed by atoms with van der Waals surface area (Å²) in [6.07, 6.45) is 7.66. The van der Waals surface area contributed by atoms with Crippen molar-refractivity contribution >= 4 is 19.0 Å². The molecule has 1 aromatic carbocycles. The Morgan fingerprint density at radius 2 is 1.62 bits per heavy atom. The van der Waals surface area contributed by atoms with Gasteiger partial charge in [-0.2, -0.15) is 0 Å². The fraction of sp³-hybridized carbons (Fsp3) is 0.571. The second-order valence-corrected chi connectivity index (χ2v) is 11.2. The molecule has 24 heavy (non-hydrogen) atoms. The third-order valence-corrected chi connectivity index (χ3v) is 6.85. The highest BCUT2D eigenvalue weighted by molar-refractivity contribution is 6.96. The summed E-state index contributed by atoms with van der Waals surface area (Å²) in [4.78, 5) is 10.8. The minimum absolute atomic E-state index is 0.290. The fourth-order valence-corrected chi connectivity index (χ4v) is 4.38. The summed E-state index contributed by atoms with van der Waals surface area (Å²) < 4.78 is 0. The quantitative estimate of drug-likeness (QED) is 0.392. The van der Waals surface area contributed by atoms with Gasteiger partial charge in [-0.1, -0.05) is 75.0 Å². The van der Waals surface area contributed by atoms with Crippen molar-refractivity contribution in [1.82, 2.24) is 0 Å². The van der Waals surface area contributed by atoms with Crippen molar-refractivity contribution in [2.45, 2.75) is 77.5 Å². The Labute approximate surface area is 148 Å². The smallest absolute Gasteiger partial charge is 0.162 e. The van der Waals surface area contributed by atoms with Crippen LogP contribution >= 0.6 is 0 Å². The van der Waals surface area contributed by atoms with E-state index in [9.17, 15) is 9.90 Å². The van der Waals surface area contributed by atoms with E-state index in [2.05, 4.69) is 48.8 Å². The number of hydrogen-bond acceptors (Lipinski definition) is 2. The van der Waals surface area contributed by atoms with Crippen LogP contribution in [0.2, 0.25) is 13.1 Å². The van der Waals surface area contributed by atoms with Gasteiger partial charge in [0.2, 0.25) is 0 Å². The molecule has 1 aromatic rings. The maximum atomic E-state index is 10.8. The molecule has 0 heterocycles. The van der Waals surface area contributed by atoms with Crippen LogP contribution in [-0.2, 0) is 4.79 Å². The van der Waals surface area contributed by atoms with Gasteiger partial charge in [0.1, 0.15) is 11.9 Å². The lowest BCUT2D eigenvalue weighted by atomic mass is 10.1. The van der Waals surface area contributed by atoms with Crippen molar-refractivity contribution in [3.8, 4) is 11.5 Å². The van der Waals surface area contributed by atoms with E-state index < -0.39 is 14.2 Å². The predicted octanol–water partition coefficient (Wildman–Crippen LogP) is 4.22. The van der Waals surface area contributed by atoms with Crippen molar-refractivity contribution in [2.24, 2.45) is 0 Å². The topological polar surface area (TPSA) is 37.3 Å². The van der Waals surface area contributed by atoms with E-state index in [1.807, 2.05) is 6.07 Å². The zero-order valence-corrected chi connectivity index (χ0v) is 16.5. The molecule has 0 aromatic heterocycles. The van der Waals surface area contributed by atoms with Crippen LogP contribution in [0, 0.1) is 11.5 Å². The zero-order chi connectivity index (χ0) is 17.8. The molecule has 1 atom stereocenters. The predicted molar refractivity (Wildman–Crippen MR) is 105 cm³/mol. The molecule has 2 nitrogen and oxygen atoms in total. The number of hydrogen-bond donors (Lipinski definition) is 1. The molecule has 0 fully saturated rings. The molecule has 0 saturated carbocycles. The maximum Gasteiger partial charge on any atom is 0.162 e. The van der Waals surface area contributed by atoms with Crippen LogP contribution in [0.3, 0.4) is 0 Å². The zero-order valence-electron chi connectivity index (χ0n) is 15.5. The Kier molecular flexibility index (Phi) is 9.67. The minimum atomic E-state index is -1.77. The molecule has 1 unspecified atom stereocenters. The average Bonchev–Trinajstić information content (AvgIpc) is 2.56. The number of carbonyl (C=O) groups excluding carboxylic acids is 1. The first-order valence-electron chi connectivity index (χ1n) is 9.17. The van der Waals surface area contributed by atoms with Gasteiger partial charge in [0.25, 0.3) is 0 Å².